The molecule has 1 saturated carbocycles. The van der Waals surface area contributed by atoms with Crippen molar-refractivity contribution < 1.29 is 9.90 Å². The molecule has 2 fully saturated rings. The number of rotatable bonds is 4. The number of piperidine rings is 1. The Labute approximate surface area is 110 Å². The highest BCUT2D eigenvalue weighted by Crippen LogP contribution is 2.39. The van der Waals surface area contributed by atoms with E-state index in [1.165, 1.54) is 12.8 Å². The van der Waals surface area contributed by atoms with Crippen molar-refractivity contribution in [2.45, 2.75) is 44.6 Å². The zero-order valence-corrected chi connectivity index (χ0v) is 11.7. The highest BCUT2D eigenvalue weighted by atomic mass is 16.4. The smallest absolute Gasteiger partial charge is 0.310 e. The Bertz CT molecular complexity index is 292. The van der Waals surface area contributed by atoms with Gasteiger partial charge >= 0.3 is 5.97 Å². The molecule has 4 heteroatoms. The molecular formula is C14H26N2O2. The average Bonchev–Trinajstić information content (AvgIpc) is 2.79. The van der Waals surface area contributed by atoms with Crippen LogP contribution in [0.4, 0.5) is 0 Å². The maximum Gasteiger partial charge on any atom is 0.310 e. The minimum absolute atomic E-state index is 0.460. The minimum atomic E-state index is -0.584. The highest BCUT2D eigenvalue weighted by Gasteiger charge is 2.42. The number of carboxylic acids is 1. The van der Waals surface area contributed by atoms with E-state index in [2.05, 4.69) is 23.9 Å². The number of hydrogen-bond donors (Lipinski definition) is 1. The molecule has 0 atom stereocenters. The lowest BCUT2D eigenvalue weighted by Crippen LogP contribution is -2.47. The summed E-state index contributed by atoms with van der Waals surface area (Å²) in [4.78, 5) is 16.2. The second-order valence-electron chi connectivity index (χ2n) is 6.24. The molecule has 1 heterocycles. The molecular weight excluding hydrogens is 228 g/mol. The van der Waals surface area contributed by atoms with Crippen LogP contribution in [-0.4, -0.2) is 60.6 Å². The molecule has 0 aromatic rings. The Morgan fingerprint density at radius 3 is 2.39 bits per heavy atom. The van der Waals surface area contributed by atoms with Gasteiger partial charge in [-0.25, -0.2) is 0 Å². The second-order valence-corrected chi connectivity index (χ2v) is 6.24. The molecule has 18 heavy (non-hydrogen) atoms. The van der Waals surface area contributed by atoms with Crippen molar-refractivity contribution in [1.29, 1.82) is 0 Å². The van der Waals surface area contributed by atoms with Crippen LogP contribution in [0.1, 0.15) is 38.5 Å². The number of carboxylic acid groups (broad SMARTS) is 1. The van der Waals surface area contributed by atoms with Crippen LogP contribution in [0.2, 0.25) is 0 Å². The summed E-state index contributed by atoms with van der Waals surface area (Å²) in [6, 6.07) is 0.568. The van der Waals surface area contributed by atoms with Gasteiger partial charge < -0.3 is 14.9 Å². The Hall–Kier alpha value is -0.610. The van der Waals surface area contributed by atoms with Gasteiger partial charge in [0.15, 0.2) is 0 Å². The van der Waals surface area contributed by atoms with E-state index >= 15 is 0 Å². The van der Waals surface area contributed by atoms with E-state index in [9.17, 15) is 9.90 Å². The van der Waals surface area contributed by atoms with E-state index < -0.39 is 11.4 Å². The first-order valence-electron chi connectivity index (χ1n) is 7.16. The molecule has 0 radical (unpaired) electrons. The number of carbonyl (C=O) groups is 1. The van der Waals surface area contributed by atoms with Crippen LogP contribution in [0.5, 0.6) is 0 Å². The lowest BCUT2D eigenvalue weighted by atomic mass is 9.85. The molecule has 0 unspecified atom stereocenters. The predicted octanol–water partition coefficient (Wildman–Crippen LogP) is 1.66. The van der Waals surface area contributed by atoms with E-state index in [0.717, 1.165) is 45.3 Å². The van der Waals surface area contributed by atoms with Crippen molar-refractivity contribution >= 4 is 5.97 Å². The summed E-state index contributed by atoms with van der Waals surface area (Å²) in [7, 11) is 4.27. The quantitative estimate of drug-likeness (QED) is 0.828. The second kappa shape index (κ2) is 5.57. The first kappa shape index (κ1) is 13.8. The maximum absolute atomic E-state index is 11.6. The summed E-state index contributed by atoms with van der Waals surface area (Å²) < 4.78 is 0. The Morgan fingerprint density at radius 2 is 1.89 bits per heavy atom. The first-order valence-corrected chi connectivity index (χ1v) is 7.16. The lowest BCUT2D eigenvalue weighted by Gasteiger charge is -2.38. The molecule has 1 N–H and O–H groups in total. The van der Waals surface area contributed by atoms with Crippen LogP contribution in [0, 0.1) is 5.41 Å². The molecule has 104 valence electrons. The van der Waals surface area contributed by atoms with Crippen molar-refractivity contribution in [3.8, 4) is 0 Å². The summed E-state index contributed by atoms with van der Waals surface area (Å²) >= 11 is 0. The molecule has 0 aromatic carbocycles. The molecule has 2 rings (SSSR count). The molecule has 1 aliphatic carbocycles. The monoisotopic (exact) mass is 254 g/mol. The Morgan fingerprint density at radius 1 is 1.33 bits per heavy atom. The van der Waals surface area contributed by atoms with Crippen LogP contribution in [0.25, 0.3) is 0 Å². The van der Waals surface area contributed by atoms with Gasteiger partial charge in [-0.15, -0.1) is 0 Å². The lowest BCUT2D eigenvalue weighted by molar-refractivity contribution is -0.150. The molecule has 4 nitrogen and oxygen atoms in total. The van der Waals surface area contributed by atoms with Crippen LogP contribution in [0.3, 0.4) is 0 Å². The maximum atomic E-state index is 11.6. The molecule has 0 bridgehead atoms. The summed E-state index contributed by atoms with van der Waals surface area (Å²) in [5.74, 6) is -0.584. The van der Waals surface area contributed by atoms with Crippen molar-refractivity contribution in [2.75, 3.05) is 33.7 Å². The largest absolute Gasteiger partial charge is 0.481 e. The zero-order valence-electron chi connectivity index (χ0n) is 11.7. The van der Waals surface area contributed by atoms with Crippen molar-refractivity contribution in [3.05, 3.63) is 0 Å². The van der Waals surface area contributed by atoms with Gasteiger partial charge in [0.2, 0.25) is 0 Å². The van der Waals surface area contributed by atoms with E-state index in [1.807, 2.05) is 0 Å². The average molecular weight is 254 g/mol. The SMILES string of the molecule is CN1CCC(N(C)CC2(C(=O)O)CCCC2)CC1. The first-order chi connectivity index (χ1) is 8.53. The fourth-order valence-corrected chi connectivity index (χ4v) is 3.53. The van der Waals surface area contributed by atoms with Crippen LogP contribution < -0.4 is 0 Å². The molecule has 2 aliphatic rings. The van der Waals surface area contributed by atoms with Crippen LogP contribution in [-0.2, 0) is 4.79 Å². The summed E-state index contributed by atoms with van der Waals surface area (Å²) in [5, 5.41) is 9.52. The number of likely N-dealkylation sites (tertiary alicyclic amines) is 1. The van der Waals surface area contributed by atoms with Gasteiger partial charge in [0.1, 0.15) is 0 Å². The van der Waals surface area contributed by atoms with E-state index in [-0.39, 0.29) is 0 Å². The van der Waals surface area contributed by atoms with Gasteiger partial charge in [0.05, 0.1) is 5.41 Å². The Balaban J connectivity index is 1.93. The molecule has 1 aliphatic heterocycles. The number of hydrogen-bond acceptors (Lipinski definition) is 3. The highest BCUT2D eigenvalue weighted by molar-refractivity contribution is 5.75. The third-order valence-corrected chi connectivity index (χ3v) is 4.88. The van der Waals surface area contributed by atoms with Crippen molar-refractivity contribution in [3.63, 3.8) is 0 Å². The minimum Gasteiger partial charge on any atom is -0.481 e. The van der Waals surface area contributed by atoms with E-state index in [0.29, 0.717) is 6.04 Å². The van der Waals surface area contributed by atoms with Crippen LogP contribution in [0.15, 0.2) is 0 Å². The third kappa shape index (κ3) is 2.86. The van der Waals surface area contributed by atoms with Gasteiger partial charge in [0, 0.05) is 12.6 Å². The molecule has 0 amide bonds. The zero-order chi connectivity index (χ0) is 13.2. The third-order valence-electron chi connectivity index (χ3n) is 4.88. The van der Waals surface area contributed by atoms with E-state index in [1.54, 1.807) is 0 Å². The molecule has 1 saturated heterocycles. The number of aliphatic carboxylic acids is 1. The van der Waals surface area contributed by atoms with Gasteiger partial charge in [-0.05, 0) is 52.9 Å². The van der Waals surface area contributed by atoms with Gasteiger partial charge in [-0.1, -0.05) is 12.8 Å². The van der Waals surface area contributed by atoms with E-state index in [4.69, 9.17) is 0 Å². The van der Waals surface area contributed by atoms with Crippen molar-refractivity contribution in [1.82, 2.24) is 9.80 Å². The standard InChI is InChI=1S/C14H26N2O2/c1-15-9-5-12(6-10-15)16(2)11-14(13(17)18)7-3-4-8-14/h12H,3-11H2,1-2H3,(H,17,18). The number of nitrogens with zero attached hydrogens (tertiary/aromatic N) is 2. The fraction of sp³-hybridized carbons (Fsp3) is 0.929. The van der Waals surface area contributed by atoms with Gasteiger partial charge in [0.25, 0.3) is 0 Å². The van der Waals surface area contributed by atoms with Gasteiger partial charge in [-0.3, -0.25) is 4.79 Å². The summed E-state index contributed by atoms with van der Waals surface area (Å²) in [5.41, 5.74) is -0.460. The molecule has 0 aromatic heterocycles. The fourth-order valence-electron chi connectivity index (χ4n) is 3.53. The van der Waals surface area contributed by atoms with Crippen LogP contribution >= 0.6 is 0 Å². The van der Waals surface area contributed by atoms with Crippen molar-refractivity contribution in [2.24, 2.45) is 5.41 Å². The summed E-state index contributed by atoms with van der Waals surface area (Å²) in [6.07, 6.45) is 6.21. The topological polar surface area (TPSA) is 43.8 Å². The normalized spacial score (nSPS) is 25.7. The van der Waals surface area contributed by atoms with Gasteiger partial charge in [-0.2, -0.15) is 0 Å². The Kier molecular flexibility index (Phi) is 4.28. The summed E-state index contributed by atoms with van der Waals surface area (Å²) in [6.45, 7) is 3.00. The predicted molar refractivity (Wildman–Crippen MR) is 71.7 cm³/mol. The molecule has 0 spiro atoms.